The molecule has 3 aromatic carbocycles. The van der Waals surface area contributed by atoms with Gasteiger partial charge in [0.25, 0.3) is 11.8 Å². The highest BCUT2D eigenvalue weighted by atomic mass is 32.1. The van der Waals surface area contributed by atoms with Gasteiger partial charge in [0, 0.05) is 0 Å². The van der Waals surface area contributed by atoms with Crippen LogP contribution in [0.1, 0.15) is 16.7 Å². The second-order valence-corrected chi connectivity index (χ2v) is 7.79. The van der Waals surface area contributed by atoms with Crippen LogP contribution in [-0.2, 0) is 16.0 Å². The minimum Gasteiger partial charge on any atom is -0.497 e. The maximum absolute atomic E-state index is 13.2. The number of fused-ring (bicyclic) bond motifs is 3. The average molecular weight is 426 g/mol. The smallest absolute Gasteiger partial charge is 0.270 e. The first-order chi connectivity index (χ1) is 15.0. The number of hydrogen-bond donors (Lipinski definition) is 1. The van der Waals surface area contributed by atoms with Crippen LogP contribution in [0, 0.1) is 0 Å². The van der Waals surface area contributed by atoms with Crippen molar-refractivity contribution in [2.45, 2.75) is 6.42 Å². The molecule has 0 radical (unpaired) electrons. The van der Waals surface area contributed by atoms with Crippen LogP contribution in [-0.4, -0.2) is 24.0 Å². The van der Waals surface area contributed by atoms with Crippen molar-refractivity contribution in [1.29, 1.82) is 0 Å². The van der Waals surface area contributed by atoms with Gasteiger partial charge in [0.1, 0.15) is 11.3 Å². The molecular weight excluding hydrogens is 408 g/mol. The molecule has 0 aromatic heterocycles. The van der Waals surface area contributed by atoms with Crippen molar-refractivity contribution in [2.75, 3.05) is 12.0 Å². The zero-order chi connectivity index (χ0) is 21.5. The van der Waals surface area contributed by atoms with Gasteiger partial charge in [-0.25, -0.2) is 0 Å². The molecule has 0 bridgehead atoms. The third-order valence-electron chi connectivity index (χ3n) is 5.57. The topological polar surface area (TPSA) is 58.6 Å². The van der Waals surface area contributed by atoms with Gasteiger partial charge in [-0.1, -0.05) is 36.4 Å². The first-order valence-electron chi connectivity index (χ1n) is 9.82. The number of methoxy groups -OCH3 is 1. The second-order valence-electron chi connectivity index (χ2n) is 7.41. The third-order valence-corrected chi connectivity index (χ3v) is 5.85. The summed E-state index contributed by atoms with van der Waals surface area (Å²) in [7, 11) is 1.57. The van der Waals surface area contributed by atoms with Gasteiger partial charge < -0.3 is 4.74 Å². The monoisotopic (exact) mass is 426 g/mol. The summed E-state index contributed by atoms with van der Waals surface area (Å²) in [5, 5.41) is 2.68. The summed E-state index contributed by atoms with van der Waals surface area (Å²) < 4.78 is 5.17. The van der Waals surface area contributed by atoms with Crippen LogP contribution in [0.3, 0.4) is 0 Å². The fourth-order valence-corrected chi connectivity index (χ4v) is 4.30. The highest BCUT2D eigenvalue weighted by molar-refractivity contribution is 7.80. The van der Waals surface area contributed by atoms with Crippen LogP contribution in [0.2, 0.25) is 0 Å². The van der Waals surface area contributed by atoms with Crippen molar-refractivity contribution in [2.24, 2.45) is 0 Å². The van der Waals surface area contributed by atoms with Gasteiger partial charge in [-0.15, -0.1) is 0 Å². The van der Waals surface area contributed by atoms with E-state index in [4.69, 9.17) is 17.0 Å². The number of nitrogens with zero attached hydrogens (tertiary/aromatic N) is 1. The van der Waals surface area contributed by atoms with E-state index in [1.165, 1.54) is 21.6 Å². The lowest BCUT2D eigenvalue weighted by atomic mass is 10.0. The van der Waals surface area contributed by atoms with Gasteiger partial charge in [-0.05, 0) is 82.9 Å². The van der Waals surface area contributed by atoms with Gasteiger partial charge in [0.05, 0.1) is 12.8 Å². The van der Waals surface area contributed by atoms with Crippen molar-refractivity contribution < 1.29 is 14.3 Å². The molecule has 152 valence electrons. The molecule has 5 nitrogen and oxygen atoms in total. The molecule has 5 rings (SSSR count). The van der Waals surface area contributed by atoms with Crippen molar-refractivity contribution in [1.82, 2.24) is 5.32 Å². The Bertz CT molecular complexity index is 1280. The number of anilines is 1. The van der Waals surface area contributed by atoms with Crippen LogP contribution in [0.15, 0.2) is 72.3 Å². The van der Waals surface area contributed by atoms with E-state index in [0.717, 1.165) is 17.5 Å². The molecule has 3 aromatic rings. The van der Waals surface area contributed by atoms with Crippen molar-refractivity contribution in [3.8, 4) is 16.9 Å². The highest BCUT2D eigenvalue weighted by Gasteiger charge is 2.34. The number of nitrogens with one attached hydrogen (secondary N) is 1. The van der Waals surface area contributed by atoms with E-state index < -0.39 is 11.8 Å². The Kier molecular flexibility index (Phi) is 4.64. The number of hydrogen-bond acceptors (Lipinski definition) is 4. The van der Waals surface area contributed by atoms with Crippen LogP contribution in [0.25, 0.3) is 17.2 Å². The van der Waals surface area contributed by atoms with Crippen LogP contribution in [0.4, 0.5) is 5.69 Å². The molecular formula is C25H18N2O3S. The zero-order valence-corrected chi connectivity index (χ0v) is 17.5. The van der Waals surface area contributed by atoms with E-state index in [-0.39, 0.29) is 10.7 Å². The number of ether oxygens (including phenoxy) is 1. The van der Waals surface area contributed by atoms with E-state index in [1.54, 1.807) is 37.5 Å². The third kappa shape index (κ3) is 3.31. The molecule has 0 spiro atoms. The summed E-state index contributed by atoms with van der Waals surface area (Å²) in [6.45, 7) is 0. The lowest BCUT2D eigenvalue weighted by Crippen LogP contribution is -2.54. The SMILES string of the molecule is COc1ccc(N2C(=O)C(=Cc3ccc4c(c3)-c3ccccc3C4)C(=O)NC2=S)cc1. The molecule has 0 saturated carbocycles. The fourth-order valence-electron chi connectivity index (χ4n) is 4.02. The predicted octanol–water partition coefficient (Wildman–Crippen LogP) is 4.10. The lowest BCUT2D eigenvalue weighted by molar-refractivity contribution is -0.122. The highest BCUT2D eigenvalue weighted by Crippen LogP contribution is 2.37. The lowest BCUT2D eigenvalue weighted by Gasteiger charge is -2.29. The quantitative estimate of drug-likeness (QED) is 0.304. The minimum absolute atomic E-state index is 0.0376. The Hall–Kier alpha value is -3.77. The molecule has 1 saturated heterocycles. The van der Waals surface area contributed by atoms with E-state index in [0.29, 0.717) is 11.4 Å². The van der Waals surface area contributed by atoms with Gasteiger partial charge in [0.2, 0.25) is 0 Å². The first-order valence-corrected chi connectivity index (χ1v) is 10.2. The summed E-state index contributed by atoms with van der Waals surface area (Å²) in [6.07, 6.45) is 2.51. The molecule has 2 amide bonds. The summed E-state index contributed by atoms with van der Waals surface area (Å²) in [4.78, 5) is 27.1. The van der Waals surface area contributed by atoms with Crippen molar-refractivity contribution in [3.05, 3.63) is 89.0 Å². The molecule has 1 aliphatic heterocycles. The van der Waals surface area contributed by atoms with E-state index in [2.05, 4.69) is 23.5 Å². The summed E-state index contributed by atoms with van der Waals surface area (Å²) in [6, 6.07) is 21.2. The number of rotatable bonds is 3. The maximum atomic E-state index is 13.2. The van der Waals surface area contributed by atoms with Crippen LogP contribution in [0.5, 0.6) is 5.75 Å². The number of amides is 2. The Morgan fingerprint density at radius 1 is 0.968 bits per heavy atom. The molecule has 0 unspecified atom stereocenters. The zero-order valence-electron chi connectivity index (χ0n) is 16.7. The molecule has 2 aliphatic rings. The Morgan fingerprint density at radius 2 is 1.71 bits per heavy atom. The Labute approximate surface area is 185 Å². The second kappa shape index (κ2) is 7.49. The van der Waals surface area contributed by atoms with E-state index in [1.807, 2.05) is 24.3 Å². The van der Waals surface area contributed by atoms with E-state index >= 15 is 0 Å². The van der Waals surface area contributed by atoms with Gasteiger partial charge in [-0.3, -0.25) is 19.8 Å². The number of benzene rings is 3. The van der Waals surface area contributed by atoms with Gasteiger partial charge in [0.15, 0.2) is 5.11 Å². The van der Waals surface area contributed by atoms with Crippen LogP contribution >= 0.6 is 12.2 Å². The molecule has 31 heavy (non-hydrogen) atoms. The molecule has 1 aliphatic carbocycles. The molecule has 1 heterocycles. The molecule has 6 heteroatoms. The largest absolute Gasteiger partial charge is 0.497 e. The molecule has 1 N–H and O–H groups in total. The summed E-state index contributed by atoms with van der Waals surface area (Å²) >= 11 is 5.27. The van der Waals surface area contributed by atoms with Crippen LogP contribution < -0.4 is 15.0 Å². The summed E-state index contributed by atoms with van der Waals surface area (Å²) in [5.74, 6) is -0.294. The first kappa shape index (κ1) is 19.2. The number of carbonyl (C=O) groups excluding carboxylic acids is 2. The number of thiocarbonyl (C=S) groups is 1. The van der Waals surface area contributed by atoms with Gasteiger partial charge in [-0.2, -0.15) is 0 Å². The summed E-state index contributed by atoms with van der Waals surface area (Å²) in [5.41, 5.74) is 6.24. The average Bonchev–Trinajstić information content (AvgIpc) is 3.15. The minimum atomic E-state index is -0.499. The van der Waals surface area contributed by atoms with Gasteiger partial charge >= 0.3 is 0 Å². The predicted molar refractivity (Wildman–Crippen MR) is 124 cm³/mol. The van der Waals surface area contributed by atoms with Crippen molar-refractivity contribution >= 4 is 40.9 Å². The Balaban J connectivity index is 1.52. The molecule has 1 fully saturated rings. The van der Waals surface area contributed by atoms with E-state index in [9.17, 15) is 9.59 Å². The Morgan fingerprint density at radius 3 is 2.48 bits per heavy atom. The normalized spacial score (nSPS) is 16.2. The standard InChI is InChI=1S/C25H18N2O3S/c1-30-19-10-8-18(9-11-19)27-24(29)22(23(28)26-25(27)31)13-15-6-7-17-14-16-4-2-3-5-20(16)21(17)12-15/h2-13H,14H2,1H3,(H,26,28,31). The fraction of sp³-hybridized carbons (Fsp3) is 0.0800. The molecule has 0 atom stereocenters. The van der Waals surface area contributed by atoms with Crippen molar-refractivity contribution in [3.63, 3.8) is 0 Å². The number of carbonyl (C=O) groups is 2. The maximum Gasteiger partial charge on any atom is 0.270 e.